The van der Waals surface area contributed by atoms with Gasteiger partial charge in [0.2, 0.25) is 0 Å². The van der Waals surface area contributed by atoms with Gasteiger partial charge in [-0.25, -0.2) is 0 Å². The summed E-state index contributed by atoms with van der Waals surface area (Å²) in [4.78, 5) is 0.276. The summed E-state index contributed by atoms with van der Waals surface area (Å²) in [6, 6.07) is 4.29. The SMILES string of the molecule is CCCCC(C)c1cc(C2CCCCC2)c(S(=O)(=O)O)c(C2CCCCC2)c1. The average Bonchev–Trinajstić information content (AvgIpc) is 2.71. The molecule has 1 atom stereocenters. The van der Waals surface area contributed by atoms with Crippen LogP contribution in [0.25, 0.3) is 0 Å². The third-order valence-electron chi connectivity index (χ3n) is 7.08. The smallest absolute Gasteiger partial charge is 0.282 e. The molecule has 0 bridgehead atoms. The van der Waals surface area contributed by atoms with E-state index in [4.69, 9.17) is 0 Å². The van der Waals surface area contributed by atoms with Crippen molar-refractivity contribution in [1.29, 1.82) is 0 Å². The first-order chi connectivity index (χ1) is 13.4. The molecule has 4 heteroatoms. The Hall–Kier alpha value is -0.870. The van der Waals surface area contributed by atoms with Crippen molar-refractivity contribution in [3.63, 3.8) is 0 Å². The lowest BCUT2D eigenvalue weighted by molar-refractivity contribution is 0.418. The molecule has 28 heavy (non-hydrogen) atoms. The number of benzene rings is 1. The first kappa shape index (κ1) is 21.8. The van der Waals surface area contributed by atoms with Gasteiger partial charge in [0.25, 0.3) is 10.1 Å². The highest BCUT2D eigenvalue weighted by molar-refractivity contribution is 7.86. The molecule has 3 rings (SSSR count). The van der Waals surface area contributed by atoms with Gasteiger partial charge in [-0.2, -0.15) is 8.42 Å². The molecule has 2 aliphatic carbocycles. The Balaban J connectivity index is 2.12. The van der Waals surface area contributed by atoms with Crippen molar-refractivity contribution < 1.29 is 13.0 Å². The minimum absolute atomic E-state index is 0.270. The van der Waals surface area contributed by atoms with E-state index in [1.807, 2.05) is 0 Å². The molecule has 0 saturated heterocycles. The quantitative estimate of drug-likeness (QED) is 0.482. The summed E-state index contributed by atoms with van der Waals surface area (Å²) in [7, 11) is -4.22. The predicted octanol–water partition coefficient (Wildman–Crippen LogP) is 7.32. The molecule has 158 valence electrons. The zero-order valence-corrected chi connectivity index (χ0v) is 18.6. The Morgan fingerprint density at radius 2 is 1.39 bits per heavy atom. The molecule has 0 aliphatic heterocycles. The van der Waals surface area contributed by atoms with Crippen molar-refractivity contribution in [3.8, 4) is 0 Å². The minimum atomic E-state index is -4.22. The highest BCUT2D eigenvalue weighted by Gasteiger charge is 2.31. The van der Waals surface area contributed by atoms with E-state index >= 15 is 0 Å². The average molecular weight is 407 g/mol. The van der Waals surface area contributed by atoms with Crippen LogP contribution in [0, 0.1) is 0 Å². The van der Waals surface area contributed by atoms with Crippen LogP contribution < -0.4 is 0 Å². The van der Waals surface area contributed by atoms with Gasteiger partial charge < -0.3 is 0 Å². The fourth-order valence-corrected chi connectivity index (χ4v) is 6.44. The Morgan fingerprint density at radius 1 is 0.929 bits per heavy atom. The predicted molar refractivity (Wildman–Crippen MR) is 116 cm³/mol. The standard InChI is InChI=1S/C24H38O3S/c1-3-4-11-18(2)21-16-22(19-12-7-5-8-13-19)24(28(25,26)27)23(17-21)20-14-9-6-10-15-20/h16-20H,3-15H2,1-2H3,(H,25,26,27). The Kier molecular flexibility index (Phi) is 7.60. The summed E-state index contributed by atoms with van der Waals surface area (Å²) in [5.41, 5.74) is 3.12. The normalized spacial score (nSPS) is 21.0. The van der Waals surface area contributed by atoms with Crippen LogP contribution in [-0.4, -0.2) is 13.0 Å². The molecule has 1 aromatic carbocycles. The Labute approximate surface area is 172 Å². The molecular formula is C24H38O3S. The third-order valence-corrected chi connectivity index (χ3v) is 8.06. The second kappa shape index (κ2) is 9.75. The third kappa shape index (κ3) is 5.18. The number of hydrogen-bond donors (Lipinski definition) is 1. The molecular weight excluding hydrogens is 368 g/mol. The zero-order chi connectivity index (χ0) is 20.1. The number of hydrogen-bond acceptors (Lipinski definition) is 2. The lowest BCUT2D eigenvalue weighted by Crippen LogP contribution is -2.17. The molecule has 0 amide bonds. The van der Waals surface area contributed by atoms with E-state index in [1.165, 1.54) is 31.2 Å². The van der Waals surface area contributed by atoms with Crippen molar-refractivity contribution in [2.75, 3.05) is 0 Å². The number of unbranched alkanes of at least 4 members (excludes halogenated alkanes) is 1. The van der Waals surface area contributed by atoms with Gasteiger partial charge in [0.05, 0.1) is 0 Å². The molecule has 2 aliphatic rings. The van der Waals surface area contributed by atoms with Gasteiger partial charge >= 0.3 is 0 Å². The molecule has 0 heterocycles. The summed E-state index contributed by atoms with van der Waals surface area (Å²) in [5, 5.41) is 0. The van der Waals surface area contributed by atoms with Crippen molar-refractivity contribution in [1.82, 2.24) is 0 Å². The van der Waals surface area contributed by atoms with Gasteiger partial charge in [-0.05, 0) is 66.5 Å². The summed E-state index contributed by atoms with van der Waals surface area (Å²) in [6.45, 7) is 4.49. The molecule has 2 saturated carbocycles. The topological polar surface area (TPSA) is 54.4 Å². The fraction of sp³-hybridized carbons (Fsp3) is 0.750. The van der Waals surface area contributed by atoms with Gasteiger partial charge in [0.1, 0.15) is 4.90 Å². The van der Waals surface area contributed by atoms with Gasteiger partial charge in [-0.15, -0.1) is 0 Å². The van der Waals surface area contributed by atoms with Gasteiger partial charge in [-0.3, -0.25) is 4.55 Å². The highest BCUT2D eigenvalue weighted by atomic mass is 32.2. The van der Waals surface area contributed by atoms with E-state index in [1.54, 1.807) is 0 Å². The monoisotopic (exact) mass is 406 g/mol. The maximum Gasteiger partial charge on any atom is 0.295 e. The molecule has 1 aromatic rings. The summed E-state index contributed by atoms with van der Waals surface area (Å²) in [6.07, 6.45) is 14.8. The van der Waals surface area contributed by atoms with Crippen LogP contribution in [-0.2, 0) is 10.1 Å². The lowest BCUT2D eigenvalue weighted by atomic mass is 9.77. The van der Waals surface area contributed by atoms with Crippen LogP contribution >= 0.6 is 0 Å². The van der Waals surface area contributed by atoms with Crippen LogP contribution in [0.4, 0.5) is 0 Å². The summed E-state index contributed by atoms with van der Waals surface area (Å²) >= 11 is 0. The second-order valence-corrected chi connectivity index (χ2v) is 10.6. The van der Waals surface area contributed by atoms with Crippen LogP contribution in [0.2, 0.25) is 0 Å². The summed E-state index contributed by atoms with van der Waals surface area (Å²) < 4.78 is 35.4. The molecule has 2 fully saturated rings. The van der Waals surface area contributed by atoms with Crippen LogP contribution in [0.5, 0.6) is 0 Å². The van der Waals surface area contributed by atoms with E-state index in [9.17, 15) is 13.0 Å². The minimum Gasteiger partial charge on any atom is -0.282 e. The highest BCUT2D eigenvalue weighted by Crippen LogP contribution is 2.44. The molecule has 1 N–H and O–H groups in total. The van der Waals surface area contributed by atoms with Crippen LogP contribution in [0.3, 0.4) is 0 Å². The van der Waals surface area contributed by atoms with Crippen LogP contribution in [0.15, 0.2) is 17.0 Å². The van der Waals surface area contributed by atoms with Crippen molar-refractivity contribution in [3.05, 3.63) is 28.8 Å². The van der Waals surface area contributed by atoms with Crippen molar-refractivity contribution >= 4 is 10.1 Å². The van der Waals surface area contributed by atoms with E-state index in [0.717, 1.165) is 68.9 Å². The molecule has 0 radical (unpaired) electrons. The molecule has 1 unspecified atom stereocenters. The van der Waals surface area contributed by atoms with Gasteiger partial charge in [0, 0.05) is 0 Å². The van der Waals surface area contributed by atoms with Gasteiger partial charge in [0.15, 0.2) is 0 Å². The first-order valence-corrected chi connectivity index (χ1v) is 13.0. The number of rotatable bonds is 7. The summed E-state index contributed by atoms with van der Waals surface area (Å²) in [5.74, 6) is 0.970. The molecule has 0 spiro atoms. The maximum atomic E-state index is 12.6. The Morgan fingerprint density at radius 3 is 1.79 bits per heavy atom. The van der Waals surface area contributed by atoms with E-state index < -0.39 is 10.1 Å². The van der Waals surface area contributed by atoms with Crippen molar-refractivity contribution in [2.24, 2.45) is 0 Å². The van der Waals surface area contributed by atoms with Gasteiger partial charge in [-0.1, -0.05) is 77.3 Å². The van der Waals surface area contributed by atoms with Crippen molar-refractivity contribution in [2.45, 2.75) is 120 Å². The fourth-order valence-electron chi connectivity index (χ4n) is 5.39. The molecule has 0 aromatic heterocycles. The van der Waals surface area contributed by atoms with E-state index in [2.05, 4.69) is 26.0 Å². The Bertz CT molecular complexity index is 702. The lowest BCUT2D eigenvalue weighted by Gasteiger charge is -2.30. The van der Waals surface area contributed by atoms with E-state index in [0.29, 0.717) is 5.92 Å². The second-order valence-electron chi connectivity index (χ2n) is 9.22. The zero-order valence-electron chi connectivity index (χ0n) is 17.8. The molecule has 3 nitrogen and oxygen atoms in total. The van der Waals surface area contributed by atoms with Crippen LogP contribution in [0.1, 0.15) is 132 Å². The first-order valence-electron chi connectivity index (χ1n) is 11.6. The maximum absolute atomic E-state index is 12.6. The van der Waals surface area contributed by atoms with E-state index in [-0.39, 0.29) is 16.7 Å². The largest absolute Gasteiger partial charge is 0.295 e.